The molecular weight excluding hydrogens is 204 g/mol. The summed E-state index contributed by atoms with van der Waals surface area (Å²) >= 11 is 0. The lowest BCUT2D eigenvalue weighted by Gasteiger charge is -2.10. The maximum Gasteiger partial charge on any atom is 0.265 e. The Morgan fingerprint density at radius 3 is 2.67 bits per heavy atom. The molecule has 0 amide bonds. The standard InChI is InChI=1S/C9H9F2N3O/c10-9(11)8-5(1-12)3-14-7(4-15)6(8)2-13/h3,9,15H,1,4,12H2. The summed E-state index contributed by atoms with van der Waals surface area (Å²) in [7, 11) is 0. The fourth-order valence-electron chi connectivity index (χ4n) is 1.26. The minimum atomic E-state index is -2.80. The van der Waals surface area contributed by atoms with Crippen molar-refractivity contribution in [2.75, 3.05) is 0 Å². The minimum absolute atomic E-state index is 0.0509. The van der Waals surface area contributed by atoms with Gasteiger partial charge in [0.2, 0.25) is 0 Å². The van der Waals surface area contributed by atoms with Crippen molar-refractivity contribution < 1.29 is 13.9 Å². The molecule has 0 bridgehead atoms. The Hall–Kier alpha value is -1.58. The summed E-state index contributed by atoms with van der Waals surface area (Å²) < 4.78 is 25.3. The van der Waals surface area contributed by atoms with Gasteiger partial charge in [0.05, 0.1) is 17.9 Å². The van der Waals surface area contributed by atoms with Crippen molar-refractivity contribution >= 4 is 0 Å². The van der Waals surface area contributed by atoms with Gasteiger partial charge in [0.25, 0.3) is 6.43 Å². The van der Waals surface area contributed by atoms with Gasteiger partial charge in [-0.05, 0) is 5.56 Å². The van der Waals surface area contributed by atoms with Crippen LogP contribution in [0.2, 0.25) is 0 Å². The van der Waals surface area contributed by atoms with Crippen LogP contribution in [0, 0.1) is 11.3 Å². The van der Waals surface area contributed by atoms with Gasteiger partial charge in [0.15, 0.2) is 0 Å². The number of nitrogens with two attached hydrogens (primary N) is 1. The Labute approximate surface area is 85.0 Å². The van der Waals surface area contributed by atoms with Gasteiger partial charge in [-0.2, -0.15) is 5.26 Å². The van der Waals surface area contributed by atoms with Crippen LogP contribution in [0.15, 0.2) is 6.20 Å². The number of rotatable bonds is 3. The molecule has 15 heavy (non-hydrogen) atoms. The molecule has 0 aromatic carbocycles. The number of nitrogens with zero attached hydrogens (tertiary/aromatic N) is 2. The van der Waals surface area contributed by atoms with Crippen LogP contribution in [0.5, 0.6) is 0 Å². The first kappa shape index (κ1) is 11.5. The highest BCUT2D eigenvalue weighted by Gasteiger charge is 2.20. The third kappa shape index (κ3) is 2.09. The molecule has 0 aliphatic rings. The largest absolute Gasteiger partial charge is 0.390 e. The van der Waals surface area contributed by atoms with E-state index in [0.29, 0.717) is 0 Å². The van der Waals surface area contributed by atoms with E-state index < -0.39 is 18.6 Å². The van der Waals surface area contributed by atoms with Crippen LogP contribution in [0.3, 0.4) is 0 Å². The molecule has 3 N–H and O–H groups in total. The van der Waals surface area contributed by atoms with Crippen LogP contribution in [-0.4, -0.2) is 10.1 Å². The van der Waals surface area contributed by atoms with Crippen molar-refractivity contribution in [1.29, 1.82) is 5.26 Å². The Morgan fingerprint density at radius 2 is 2.27 bits per heavy atom. The van der Waals surface area contributed by atoms with E-state index in [1.165, 1.54) is 0 Å². The molecule has 0 aliphatic carbocycles. The number of aromatic nitrogens is 1. The Morgan fingerprint density at radius 1 is 1.60 bits per heavy atom. The molecule has 0 saturated carbocycles. The van der Waals surface area contributed by atoms with E-state index in [-0.39, 0.29) is 23.4 Å². The molecule has 4 nitrogen and oxygen atoms in total. The van der Waals surface area contributed by atoms with Crippen molar-refractivity contribution in [1.82, 2.24) is 4.98 Å². The normalized spacial score (nSPS) is 10.4. The van der Waals surface area contributed by atoms with Crippen molar-refractivity contribution in [2.45, 2.75) is 19.6 Å². The SMILES string of the molecule is N#Cc1c(CO)ncc(CN)c1C(F)F. The van der Waals surface area contributed by atoms with E-state index in [4.69, 9.17) is 16.1 Å². The molecule has 0 radical (unpaired) electrons. The smallest absolute Gasteiger partial charge is 0.265 e. The van der Waals surface area contributed by atoms with Gasteiger partial charge in [-0.15, -0.1) is 0 Å². The fraction of sp³-hybridized carbons (Fsp3) is 0.333. The number of hydrogen-bond donors (Lipinski definition) is 2. The number of pyridine rings is 1. The van der Waals surface area contributed by atoms with E-state index in [1.807, 2.05) is 0 Å². The molecule has 1 rings (SSSR count). The van der Waals surface area contributed by atoms with E-state index in [9.17, 15) is 8.78 Å². The first-order valence-electron chi connectivity index (χ1n) is 4.15. The fourth-order valence-corrected chi connectivity index (χ4v) is 1.26. The molecule has 0 fully saturated rings. The van der Waals surface area contributed by atoms with Gasteiger partial charge in [-0.25, -0.2) is 8.78 Å². The van der Waals surface area contributed by atoms with E-state index in [2.05, 4.69) is 4.98 Å². The second-order valence-electron chi connectivity index (χ2n) is 2.79. The number of aliphatic hydroxyl groups is 1. The van der Waals surface area contributed by atoms with Crippen LogP contribution in [0.1, 0.15) is 28.8 Å². The number of alkyl halides is 2. The highest BCUT2D eigenvalue weighted by molar-refractivity contribution is 5.45. The Kier molecular flexibility index (Phi) is 3.66. The molecule has 80 valence electrons. The predicted molar refractivity (Wildman–Crippen MR) is 47.7 cm³/mol. The summed E-state index contributed by atoms with van der Waals surface area (Å²) in [5.41, 5.74) is 4.62. The summed E-state index contributed by atoms with van der Waals surface area (Å²) in [6.45, 7) is -0.666. The van der Waals surface area contributed by atoms with Gasteiger partial charge in [-0.3, -0.25) is 4.98 Å². The zero-order valence-corrected chi connectivity index (χ0v) is 7.74. The monoisotopic (exact) mass is 213 g/mol. The van der Waals surface area contributed by atoms with Gasteiger partial charge in [-0.1, -0.05) is 0 Å². The van der Waals surface area contributed by atoms with E-state index in [0.717, 1.165) is 6.20 Å². The first-order valence-corrected chi connectivity index (χ1v) is 4.15. The predicted octanol–water partition coefficient (Wildman–Crippen LogP) is 0.842. The Bertz CT molecular complexity index is 401. The van der Waals surface area contributed by atoms with Gasteiger partial charge < -0.3 is 10.8 Å². The zero-order valence-electron chi connectivity index (χ0n) is 7.74. The van der Waals surface area contributed by atoms with Crippen molar-refractivity contribution in [3.05, 3.63) is 28.6 Å². The van der Waals surface area contributed by atoms with Crippen LogP contribution in [-0.2, 0) is 13.2 Å². The molecule has 0 atom stereocenters. The maximum atomic E-state index is 12.7. The van der Waals surface area contributed by atoms with Gasteiger partial charge in [0.1, 0.15) is 6.07 Å². The molecule has 0 saturated heterocycles. The minimum Gasteiger partial charge on any atom is -0.390 e. The third-order valence-corrected chi connectivity index (χ3v) is 1.98. The second kappa shape index (κ2) is 4.77. The highest BCUT2D eigenvalue weighted by atomic mass is 19.3. The summed E-state index contributed by atoms with van der Waals surface area (Å²) in [6, 6.07) is 1.61. The van der Waals surface area contributed by atoms with Crippen molar-refractivity contribution in [3.8, 4) is 6.07 Å². The van der Waals surface area contributed by atoms with Gasteiger partial charge in [0, 0.05) is 18.3 Å². The van der Waals surface area contributed by atoms with Crippen molar-refractivity contribution in [3.63, 3.8) is 0 Å². The number of hydrogen-bond acceptors (Lipinski definition) is 4. The third-order valence-electron chi connectivity index (χ3n) is 1.98. The molecule has 1 aromatic heterocycles. The van der Waals surface area contributed by atoms with E-state index >= 15 is 0 Å². The average Bonchev–Trinajstić information content (AvgIpc) is 2.26. The molecule has 0 unspecified atom stereocenters. The lowest BCUT2D eigenvalue weighted by atomic mass is 10.0. The summed E-state index contributed by atoms with van der Waals surface area (Å²) in [6.07, 6.45) is -1.64. The summed E-state index contributed by atoms with van der Waals surface area (Å²) in [5, 5.41) is 17.6. The summed E-state index contributed by atoms with van der Waals surface area (Å²) in [4.78, 5) is 3.70. The maximum absolute atomic E-state index is 12.7. The Balaban J connectivity index is 3.46. The second-order valence-corrected chi connectivity index (χ2v) is 2.79. The average molecular weight is 213 g/mol. The topological polar surface area (TPSA) is 82.9 Å². The molecule has 0 spiro atoms. The van der Waals surface area contributed by atoms with Crippen LogP contribution >= 0.6 is 0 Å². The number of aliphatic hydroxyl groups excluding tert-OH is 1. The van der Waals surface area contributed by atoms with Crippen molar-refractivity contribution in [2.24, 2.45) is 5.73 Å². The number of halogens is 2. The summed E-state index contributed by atoms with van der Waals surface area (Å²) in [5.74, 6) is 0. The molecule has 6 heteroatoms. The quantitative estimate of drug-likeness (QED) is 0.779. The zero-order chi connectivity index (χ0) is 11.4. The number of nitriles is 1. The lowest BCUT2D eigenvalue weighted by molar-refractivity contribution is 0.149. The molecule has 1 aromatic rings. The molecular formula is C9H9F2N3O. The highest BCUT2D eigenvalue weighted by Crippen LogP contribution is 2.27. The van der Waals surface area contributed by atoms with Gasteiger partial charge >= 0.3 is 0 Å². The first-order chi connectivity index (χ1) is 7.15. The van der Waals surface area contributed by atoms with E-state index in [1.54, 1.807) is 6.07 Å². The van der Waals surface area contributed by atoms with Crippen LogP contribution < -0.4 is 5.73 Å². The van der Waals surface area contributed by atoms with Crippen LogP contribution in [0.4, 0.5) is 8.78 Å². The van der Waals surface area contributed by atoms with Crippen LogP contribution in [0.25, 0.3) is 0 Å². The molecule has 1 heterocycles. The molecule has 0 aliphatic heterocycles. The lowest BCUT2D eigenvalue weighted by Crippen LogP contribution is -2.09.